The summed E-state index contributed by atoms with van der Waals surface area (Å²) in [6.45, 7) is 6.65. The van der Waals surface area contributed by atoms with Crippen molar-refractivity contribution in [3.05, 3.63) is 134 Å². The molecule has 1 aliphatic rings. The van der Waals surface area contributed by atoms with Crippen molar-refractivity contribution < 1.29 is 14.3 Å². The topological polar surface area (TPSA) is 90.3 Å². The molecule has 8 nitrogen and oxygen atoms in total. The van der Waals surface area contributed by atoms with E-state index in [0.29, 0.717) is 68.0 Å². The zero-order chi connectivity index (χ0) is 32.9. The lowest BCUT2D eigenvalue weighted by Gasteiger charge is -2.29. The van der Waals surface area contributed by atoms with Crippen LogP contribution in [0.15, 0.2) is 112 Å². The summed E-state index contributed by atoms with van der Waals surface area (Å²) in [5.41, 5.74) is 5.82. The van der Waals surface area contributed by atoms with Crippen molar-refractivity contribution in [2.24, 2.45) is 0 Å². The number of allylic oxidation sites excluding steroid dienone is 1. The van der Waals surface area contributed by atoms with Crippen LogP contribution in [0.3, 0.4) is 0 Å². The molecule has 0 saturated carbocycles. The Morgan fingerprint density at radius 3 is 2.57 bits per heavy atom. The van der Waals surface area contributed by atoms with E-state index < -0.39 is 6.04 Å². The number of hydrogen-bond donors (Lipinski definition) is 2. The van der Waals surface area contributed by atoms with Gasteiger partial charge in [-0.15, -0.1) is 5.10 Å². The Labute approximate surface area is 291 Å². The van der Waals surface area contributed by atoms with Gasteiger partial charge < -0.3 is 20.1 Å². The van der Waals surface area contributed by atoms with Crippen LogP contribution in [0.1, 0.15) is 42.1 Å². The highest BCUT2D eigenvalue weighted by atomic mass is 79.9. The number of anilines is 2. The van der Waals surface area contributed by atoms with Gasteiger partial charge in [-0.1, -0.05) is 89.6 Å². The van der Waals surface area contributed by atoms with Crippen molar-refractivity contribution in [2.45, 2.75) is 44.3 Å². The summed E-state index contributed by atoms with van der Waals surface area (Å²) in [4.78, 5) is 18.8. The number of para-hydroxylation sites is 1. The molecule has 11 heteroatoms. The highest BCUT2D eigenvalue weighted by molar-refractivity contribution is 9.10. The molecule has 0 fully saturated rings. The van der Waals surface area contributed by atoms with Crippen LogP contribution >= 0.6 is 39.3 Å². The van der Waals surface area contributed by atoms with Gasteiger partial charge in [-0.05, 0) is 83.7 Å². The maximum absolute atomic E-state index is 14.0. The molecule has 1 atom stereocenters. The number of carbonyl (C=O) groups excluding carboxylic acids is 1. The molecular weight excluding hydrogens is 698 g/mol. The SMILES string of the molecule is CCOc1cc(C2C(C(=O)Nc3ccccc3)=C(C)Nc3nc(SCc4ccccc4Cl)nn32)cc(Br)c1OCc1cccc(C)c1. The summed E-state index contributed by atoms with van der Waals surface area (Å²) in [5.74, 6) is 2.00. The molecule has 47 heavy (non-hydrogen) atoms. The van der Waals surface area contributed by atoms with E-state index >= 15 is 0 Å². The molecule has 2 N–H and O–H groups in total. The third-order valence-electron chi connectivity index (χ3n) is 7.54. The number of ether oxygens (including phenoxy) is 2. The number of thioether (sulfide) groups is 1. The summed E-state index contributed by atoms with van der Waals surface area (Å²) >= 11 is 11.6. The van der Waals surface area contributed by atoms with Gasteiger partial charge in [-0.2, -0.15) is 4.98 Å². The number of benzene rings is 4. The third kappa shape index (κ3) is 7.51. The van der Waals surface area contributed by atoms with Crippen molar-refractivity contribution in [3.8, 4) is 11.5 Å². The van der Waals surface area contributed by atoms with Crippen LogP contribution < -0.4 is 20.1 Å². The fourth-order valence-electron chi connectivity index (χ4n) is 5.38. The van der Waals surface area contributed by atoms with Gasteiger partial charge in [0, 0.05) is 22.2 Å². The molecule has 0 spiro atoms. The number of aromatic nitrogens is 3. The number of amides is 1. The van der Waals surface area contributed by atoms with Crippen molar-refractivity contribution in [3.63, 3.8) is 0 Å². The lowest BCUT2D eigenvalue weighted by atomic mass is 9.94. The third-order valence-corrected chi connectivity index (χ3v) is 9.38. The van der Waals surface area contributed by atoms with E-state index in [4.69, 9.17) is 31.2 Å². The molecule has 0 radical (unpaired) electrons. The number of carbonyl (C=O) groups is 1. The van der Waals surface area contributed by atoms with E-state index in [9.17, 15) is 4.79 Å². The van der Waals surface area contributed by atoms with E-state index in [0.717, 1.165) is 22.3 Å². The molecule has 0 bridgehead atoms. The first kappa shape index (κ1) is 32.7. The summed E-state index contributed by atoms with van der Waals surface area (Å²) in [5, 5.41) is 12.5. The monoisotopic (exact) mass is 729 g/mol. The molecule has 240 valence electrons. The van der Waals surface area contributed by atoms with Crippen LogP contribution in [0.5, 0.6) is 11.5 Å². The maximum Gasteiger partial charge on any atom is 0.255 e. The van der Waals surface area contributed by atoms with Crippen LogP contribution in [-0.2, 0) is 17.2 Å². The molecule has 4 aromatic carbocycles. The lowest BCUT2D eigenvalue weighted by Crippen LogP contribution is -2.31. The van der Waals surface area contributed by atoms with Gasteiger partial charge in [0.2, 0.25) is 11.1 Å². The number of aryl methyl sites for hydroxylation is 1. The minimum absolute atomic E-state index is 0.258. The van der Waals surface area contributed by atoms with Gasteiger partial charge in [-0.3, -0.25) is 4.79 Å². The number of nitrogens with zero attached hydrogens (tertiary/aromatic N) is 3. The van der Waals surface area contributed by atoms with E-state index in [1.54, 1.807) is 4.68 Å². The number of halogens is 2. The van der Waals surface area contributed by atoms with Gasteiger partial charge in [0.1, 0.15) is 12.6 Å². The van der Waals surface area contributed by atoms with Gasteiger partial charge in [0.25, 0.3) is 5.91 Å². The second-order valence-corrected chi connectivity index (χ2v) is 13.2. The molecule has 1 unspecified atom stereocenters. The zero-order valence-corrected chi connectivity index (χ0v) is 29.2. The predicted octanol–water partition coefficient (Wildman–Crippen LogP) is 9.20. The fourth-order valence-corrected chi connectivity index (χ4v) is 7.07. The molecule has 1 aliphatic heterocycles. The molecule has 0 saturated heterocycles. The average Bonchev–Trinajstić information content (AvgIpc) is 3.46. The Morgan fingerprint density at radius 2 is 1.81 bits per heavy atom. The van der Waals surface area contributed by atoms with E-state index in [1.165, 1.54) is 11.8 Å². The number of fused-ring (bicyclic) bond motifs is 1. The number of hydrogen-bond acceptors (Lipinski definition) is 7. The quantitative estimate of drug-likeness (QED) is 0.131. The first-order valence-corrected chi connectivity index (χ1v) is 17.3. The average molecular weight is 731 g/mol. The van der Waals surface area contributed by atoms with Crippen molar-refractivity contribution >= 4 is 56.8 Å². The smallest absolute Gasteiger partial charge is 0.255 e. The van der Waals surface area contributed by atoms with Crippen molar-refractivity contribution in [2.75, 3.05) is 17.2 Å². The summed E-state index contributed by atoms with van der Waals surface area (Å²) < 4.78 is 14.9. The zero-order valence-electron chi connectivity index (χ0n) is 26.1. The van der Waals surface area contributed by atoms with Crippen LogP contribution in [-0.4, -0.2) is 27.3 Å². The normalized spacial score (nSPS) is 13.9. The minimum atomic E-state index is -0.626. The number of nitrogens with one attached hydrogen (secondary N) is 2. The summed E-state index contributed by atoms with van der Waals surface area (Å²) in [7, 11) is 0. The molecule has 2 heterocycles. The Kier molecular flexibility index (Phi) is 10.2. The molecule has 5 aromatic rings. The van der Waals surface area contributed by atoms with E-state index in [2.05, 4.69) is 45.6 Å². The summed E-state index contributed by atoms with van der Waals surface area (Å²) in [6, 6.07) is 28.5. The minimum Gasteiger partial charge on any atom is -0.490 e. The predicted molar refractivity (Wildman–Crippen MR) is 191 cm³/mol. The highest BCUT2D eigenvalue weighted by Crippen LogP contribution is 2.44. The van der Waals surface area contributed by atoms with Gasteiger partial charge in [0.05, 0.1) is 16.7 Å². The largest absolute Gasteiger partial charge is 0.490 e. The van der Waals surface area contributed by atoms with Gasteiger partial charge in [-0.25, -0.2) is 4.68 Å². The molecular formula is C36H33BrClN5O3S. The molecule has 1 amide bonds. The number of rotatable bonds is 11. The Morgan fingerprint density at radius 1 is 1.02 bits per heavy atom. The van der Waals surface area contributed by atoms with E-state index in [-0.39, 0.29) is 5.91 Å². The first-order chi connectivity index (χ1) is 22.8. The Bertz CT molecular complexity index is 1950. The first-order valence-electron chi connectivity index (χ1n) is 15.1. The second-order valence-electron chi connectivity index (χ2n) is 11.0. The van der Waals surface area contributed by atoms with Crippen molar-refractivity contribution in [1.82, 2.24) is 14.8 Å². The Hall–Kier alpha value is -4.25. The lowest BCUT2D eigenvalue weighted by molar-refractivity contribution is -0.113. The van der Waals surface area contributed by atoms with Crippen LogP contribution in [0.4, 0.5) is 11.6 Å². The summed E-state index contributed by atoms with van der Waals surface area (Å²) in [6.07, 6.45) is 0. The molecule has 6 rings (SSSR count). The van der Waals surface area contributed by atoms with Gasteiger partial charge >= 0.3 is 0 Å². The van der Waals surface area contributed by atoms with Gasteiger partial charge in [0.15, 0.2) is 11.5 Å². The second kappa shape index (κ2) is 14.7. The fraction of sp³-hybridized carbons (Fsp3) is 0.194. The van der Waals surface area contributed by atoms with Crippen molar-refractivity contribution in [1.29, 1.82) is 0 Å². The van der Waals surface area contributed by atoms with Crippen LogP contribution in [0, 0.1) is 6.92 Å². The van der Waals surface area contributed by atoms with Crippen LogP contribution in [0.2, 0.25) is 5.02 Å². The standard InChI is InChI=1S/C36H33BrClN5O3S/c1-4-45-30-19-26(18-28(37)33(30)46-20-24-12-10-11-22(2)17-24)32-31(34(44)40-27-14-6-5-7-15-27)23(3)39-35-41-36(42-43(32)35)47-21-25-13-8-9-16-29(25)38/h5-19,32H,4,20-21H2,1-3H3,(H,40,44)(H,39,41,42). The Balaban J connectivity index is 1.39. The highest BCUT2D eigenvalue weighted by Gasteiger charge is 2.35. The maximum atomic E-state index is 14.0. The molecule has 0 aliphatic carbocycles. The molecule has 1 aromatic heterocycles. The van der Waals surface area contributed by atoms with Crippen LogP contribution in [0.25, 0.3) is 0 Å². The van der Waals surface area contributed by atoms with E-state index in [1.807, 2.05) is 92.7 Å².